The van der Waals surface area contributed by atoms with Crippen molar-refractivity contribution in [2.24, 2.45) is 0 Å². The zero-order valence-electron chi connectivity index (χ0n) is 20.3. The predicted octanol–water partition coefficient (Wildman–Crippen LogP) is 6.22. The summed E-state index contributed by atoms with van der Waals surface area (Å²) in [7, 11) is 0. The monoisotopic (exact) mass is 502 g/mol. The number of hydrogen-bond acceptors (Lipinski definition) is 6. The van der Waals surface area contributed by atoms with Gasteiger partial charge in [-0.2, -0.15) is 11.3 Å². The molecule has 0 spiro atoms. The van der Waals surface area contributed by atoms with E-state index in [0.717, 1.165) is 66.2 Å². The summed E-state index contributed by atoms with van der Waals surface area (Å²) in [5.74, 6) is 0.914. The molecule has 7 heteroatoms. The maximum absolute atomic E-state index is 5.04. The number of anilines is 1. The van der Waals surface area contributed by atoms with E-state index in [0.29, 0.717) is 0 Å². The molecule has 0 aliphatic carbocycles. The Labute approximate surface area is 219 Å². The molecule has 3 aromatic carbocycles. The first-order valence-electron chi connectivity index (χ1n) is 12.6. The predicted molar refractivity (Wildman–Crippen MR) is 152 cm³/mol. The second kappa shape index (κ2) is 9.42. The van der Waals surface area contributed by atoms with Gasteiger partial charge in [0.15, 0.2) is 0 Å². The second-order valence-electron chi connectivity index (χ2n) is 9.49. The number of imidazole rings is 1. The number of benzene rings is 3. The van der Waals surface area contributed by atoms with Gasteiger partial charge < -0.3 is 9.88 Å². The maximum Gasteiger partial charge on any atom is 0.138 e. The lowest BCUT2D eigenvalue weighted by Crippen LogP contribution is -2.46. The third-order valence-electron chi connectivity index (χ3n) is 7.16. The fourth-order valence-corrected chi connectivity index (χ4v) is 5.84. The quantitative estimate of drug-likeness (QED) is 0.303. The summed E-state index contributed by atoms with van der Waals surface area (Å²) in [4.78, 5) is 22.4. The van der Waals surface area contributed by atoms with Crippen LogP contribution < -0.4 is 4.90 Å². The van der Waals surface area contributed by atoms with Crippen molar-refractivity contribution >= 4 is 39.1 Å². The molecule has 1 aliphatic heterocycles. The lowest BCUT2D eigenvalue weighted by Gasteiger charge is -2.36. The molecule has 0 amide bonds. The van der Waals surface area contributed by atoms with Crippen LogP contribution in [0.1, 0.15) is 5.56 Å². The first-order chi connectivity index (χ1) is 18.3. The zero-order chi connectivity index (χ0) is 24.6. The lowest BCUT2D eigenvalue weighted by atomic mass is 10.1. The Morgan fingerprint density at radius 3 is 2.41 bits per heavy atom. The van der Waals surface area contributed by atoms with Crippen LogP contribution >= 0.6 is 11.3 Å². The van der Waals surface area contributed by atoms with Crippen molar-refractivity contribution < 1.29 is 0 Å². The van der Waals surface area contributed by atoms with E-state index in [9.17, 15) is 0 Å². The van der Waals surface area contributed by atoms with Crippen LogP contribution in [-0.4, -0.2) is 51.0 Å². The van der Waals surface area contributed by atoms with Crippen molar-refractivity contribution in [3.63, 3.8) is 0 Å². The van der Waals surface area contributed by atoms with E-state index in [2.05, 4.69) is 102 Å². The van der Waals surface area contributed by atoms with E-state index < -0.39 is 0 Å². The van der Waals surface area contributed by atoms with E-state index in [4.69, 9.17) is 4.98 Å². The van der Waals surface area contributed by atoms with Crippen molar-refractivity contribution in [1.82, 2.24) is 24.8 Å². The first-order valence-corrected chi connectivity index (χ1v) is 13.5. The Kier molecular flexibility index (Phi) is 5.64. The second-order valence-corrected chi connectivity index (χ2v) is 10.3. The van der Waals surface area contributed by atoms with Crippen molar-refractivity contribution in [3.05, 3.63) is 95.4 Å². The minimum absolute atomic E-state index is 0.914. The highest BCUT2D eigenvalue weighted by molar-refractivity contribution is 7.08. The largest absolute Gasteiger partial charge is 0.367 e. The van der Waals surface area contributed by atoms with Crippen LogP contribution in [0.5, 0.6) is 0 Å². The van der Waals surface area contributed by atoms with Crippen LogP contribution in [-0.2, 0) is 6.54 Å². The summed E-state index contributed by atoms with van der Waals surface area (Å²) in [6.45, 7) is 4.90. The number of hydrogen-bond donors (Lipinski definition) is 1. The highest BCUT2D eigenvalue weighted by Gasteiger charge is 2.20. The van der Waals surface area contributed by atoms with E-state index in [1.165, 1.54) is 22.4 Å². The Balaban J connectivity index is 1.07. The van der Waals surface area contributed by atoms with Gasteiger partial charge in [0.25, 0.3) is 0 Å². The summed E-state index contributed by atoms with van der Waals surface area (Å²) >= 11 is 1.72. The number of H-pyrrole nitrogens is 1. The molecular formula is C30H26N6S. The molecule has 0 saturated carbocycles. The number of para-hydroxylation sites is 1. The molecule has 1 N–H and O–H groups in total. The Hall–Kier alpha value is -4.07. The van der Waals surface area contributed by atoms with Crippen molar-refractivity contribution in [2.75, 3.05) is 31.1 Å². The fraction of sp³-hybridized carbons (Fsp3) is 0.167. The molecule has 6 nitrogen and oxygen atoms in total. The number of rotatable bonds is 5. The zero-order valence-corrected chi connectivity index (χ0v) is 21.2. The normalized spacial score (nSPS) is 14.5. The number of piperazine rings is 1. The molecule has 1 fully saturated rings. The van der Waals surface area contributed by atoms with Crippen molar-refractivity contribution in [3.8, 4) is 22.5 Å². The van der Waals surface area contributed by atoms with E-state index in [1.807, 2.05) is 0 Å². The number of aromatic nitrogens is 4. The maximum atomic E-state index is 5.04. The van der Waals surface area contributed by atoms with Crippen LogP contribution in [0.2, 0.25) is 0 Å². The van der Waals surface area contributed by atoms with Gasteiger partial charge in [-0.1, -0.05) is 36.4 Å². The van der Waals surface area contributed by atoms with E-state index in [1.54, 1.807) is 23.7 Å². The molecule has 4 heterocycles. The van der Waals surface area contributed by atoms with Crippen molar-refractivity contribution in [2.45, 2.75) is 6.54 Å². The van der Waals surface area contributed by atoms with Gasteiger partial charge in [0.05, 0.1) is 22.2 Å². The Morgan fingerprint density at radius 1 is 0.784 bits per heavy atom. The average Bonchev–Trinajstić information content (AvgIpc) is 3.64. The highest BCUT2D eigenvalue weighted by atomic mass is 32.1. The first kappa shape index (κ1) is 22.2. The Morgan fingerprint density at radius 2 is 1.59 bits per heavy atom. The minimum Gasteiger partial charge on any atom is -0.367 e. The molecule has 182 valence electrons. The van der Waals surface area contributed by atoms with Gasteiger partial charge in [0.2, 0.25) is 0 Å². The number of nitrogens with zero attached hydrogens (tertiary/aromatic N) is 5. The molecule has 0 atom stereocenters. The molecular weight excluding hydrogens is 476 g/mol. The minimum atomic E-state index is 0.914. The van der Waals surface area contributed by atoms with Gasteiger partial charge >= 0.3 is 0 Å². The number of nitrogens with one attached hydrogen (secondary N) is 1. The number of aromatic amines is 1. The third-order valence-corrected chi connectivity index (χ3v) is 7.84. The average molecular weight is 503 g/mol. The molecule has 37 heavy (non-hydrogen) atoms. The molecule has 1 aliphatic rings. The Bertz CT molecular complexity index is 1660. The van der Waals surface area contributed by atoms with Gasteiger partial charge in [0.1, 0.15) is 11.3 Å². The van der Waals surface area contributed by atoms with Crippen LogP contribution in [0, 0.1) is 0 Å². The highest BCUT2D eigenvalue weighted by Crippen LogP contribution is 2.30. The van der Waals surface area contributed by atoms with Crippen LogP contribution in [0.25, 0.3) is 44.6 Å². The van der Waals surface area contributed by atoms with E-state index >= 15 is 0 Å². The molecule has 7 rings (SSSR count). The van der Waals surface area contributed by atoms with Crippen LogP contribution in [0.4, 0.5) is 5.69 Å². The molecule has 1 saturated heterocycles. The summed E-state index contributed by atoms with van der Waals surface area (Å²) in [5.41, 5.74) is 10.1. The molecule has 3 aromatic heterocycles. The standard InChI is InChI=1S/C30H26N6S/c1-2-26-29(34-30(33-26)23-7-5-22(6-8-23)24-10-17-37-20-24)28(3-1)36-15-13-35(14-16-36)19-21-4-9-25-27(18-21)32-12-11-31-25/h1-12,17-18,20H,13-16,19H2,(H,33,34). The van der Waals surface area contributed by atoms with E-state index in [-0.39, 0.29) is 0 Å². The summed E-state index contributed by atoms with van der Waals surface area (Å²) in [6.07, 6.45) is 3.50. The van der Waals surface area contributed by atoms with Crippen molar-refractivity contribution in [1.29, 1.82) is 0 Å². The van der Waals surface area contributed by atoms with Gasteiger partial charge in [-0.15, -0.1) is 0 Å². The van der Waals surface area contributed by atoms with Crippen LogP contribution in [0.3, 0.4) is 0 Å². The molecule has 0 unspecified atom stereocenters. The topological polar surface area (TPSA) is 60.9 Å². The van der Waals surface area contributed by atoms with Gasteiger partial charge in [-0.25, -0.2) is 4.98 Å². The van der Waals surface area contributed by atoms with Crippen LogP contribution in [0.15, 0.2) is 89.9 Å². The summed E-state index contributed by atoms with van der Waals surface area (Å²) in [6, 6.07) is 23.7. The lowest BCUT2D eigenvalue weighted by molar-refractivity contribution is 0.250. The third kappa shape index (κ3) is 4.37. The van der Waals surface area contributed by atoms with Gasteiger partial charge in [0, 0.05) is 50.7 Å². The summed E-state index contributed by atoms with van der Waals surface area (Å²) in [5, 5.41) is 4.29. The SMILES string of the molecule is c1cc(N2CCN(Cc3ccc4nccnc4c3)CC2)c2nc(-c3ccc(-c4ccsc4)cc3)[nH]c2c1. The summed E-state index contributed by atoms with van der Waals surface area (Å²) < 4.78 is 0. The smallest absolute Gasteiger partial charge is 0.138 e. The van der Waals surface area contributed by atoms with Gasteiger partial charge in [-0.3, -0.25) is 14.9 Å². The molecule has 0 bridgehead atoms. The number of fused-ring (bicyclic) bond motifs is 2. The molecule has 6 aromatic rings. The fourth-order valence-electron chi connectivity index (χ4n) is 5.17. The van der Waals surface area contributed by atoms with Gasteiger partial charge in [-0.05, 0) is 57.8 Å². The number of thiophene rings is 1. The molecule has 0 radical (unpaired) electrons.